The highest BCUT2D eigenvalue weighted by molar-refractivity contribution is 5.82. The second-order valence-electron chi connectivity index (χ2n) is 5.73. The molecule has 2 atom stereocenters. The average Bonchev–Trinajstić information content (AvgIpc) is 3.07. The molecular formula is C17H22N4O2. The van der Waals surface area contributed by atoms with Crippen molar-refractivity contribution in [2.75, 3.05) is 13.2 Å². The summed E-state index contributed by atoms with van der Waals surface area (Å²) >= 11 is 0. The number of benzene rings is 1. The summed E-state index contributed by atoms with van der Waals surface area (Å²) in [5.41, 5.74) is 2.28. The van der Waals surface area contributed by atoms with E-state index in [0.717, 1.165) is 12.1 Å². The van der Waals surface area contributed by atoms with Crippen molar-refractivity contribution in [2.24, 2.45) is 0 Å². The molecule has 0 unspecified atom stereocenters. The van der Waals surface area contributed by atoms with Crippen LogP contribution in [-0.4, -0.2) is 40.8 Å². The predicted molar refractivity (Wildman–Crippen MR) is 86.8 cm³/mol. The first-order valence-electron chi connectivity index (χ1n) is 7.89. The molecule has 0 aliphatic carbocycles. The Morgan fingerprint density at radius 3 is 3.00 bits per heavy atom. The number of hydrogen-bond acceptors (Lipinski definition) is 4. The summed E-state index contributed by atoms with van der Waals surface area (Å²) in [6.07, 6.45) is 5.38. The van der Waals surface area contributed by atoms with Crippen LogP contribution >= 0.6 is 0 Å². The Labute approximate surface area is 135 Å². The number of carbonyl (C=O) groups excluding carboxylic acids is 1. The molecule has 1 saturated heterocycles. The number of amides is 1. The number of imidazole rings is 1. The average molecular weight is 314 g/mol. The molecule has 6 nitrogen and oxygen atoms in total. The Bertz CT molecular complexity index is 642. The lowest BCUT2D eigenvalue weighted by Crippen LogP contribution is -2.55. The second-order valence-corrected chi connectivity index (χ2v) is 5.73. The van der Waals surface area contributed by atoms with Gasteiger partial charge in [0.15, 0.2) is 0 Å². The molecule has 1 aromatic carbocycles. The van der Waals surface area contributed by atoms with Crippen molar-refractivity contribution < 1.29 is 9.53 Å². The van der Waals surface area contributed by atoms with E-state index in [2.05, 4.69) is 21.7 Å². The highest BCUT2D eigenvalue weighted by atomic mass is 16.5. The Balaban J connectivity index is 1.62. The van der Waals surface area contributed by atoms with Crippen molar-refractivity contribution in [3.8, 4) is 0 Å². The highest BCUT2D eigenvalue weighted by Crippen LogP contribution is 2.11. The zero-order valence-corrected chi connectivity index (χ0v) is 13.2. The SMILES string of the molecule is C[C@H]1OCCN[C@@H]1C(=O)NCc1ccccc1Cn1ccnc1. The third-order valence-electron chi connectivity index (χ3n) is 4.08. The molecule has 0 bridgehead atoms. The van der Waals surface area contributed by atoms with Gasteiger partial charge in [0, 0.05) is 32.0 Å². The summed E-state index contributed by atoms with van der Waals surface area (Å²) in [6, 6.07) is 7.83. The molecule has 2 N–H and O–H groups in total. The van der Waals surface area contributed by atoms with Gasteiger partial charge in [0.1, 0.15) is 6.04 Å². The molecule has 2 aromatic rings. The van der Waals surface area contributed by atoms with Crippen LogP contribution in [0.25, 0.3) is 0 Å². The number of nitrogens with one attached hydrogen (secondary N) is 2. The zero-order valence-electron chi connectivity index (χ0n) is 13.2. The molecule has 1 amide bonds. The molecule has 122 valence electrons. The topological polar surface area (TPSA) is 68.2 Å². The Morgan fingerprint density at radius 1 is 1.43 bits per heavy atom. The van der Waals surface area contributed by atoms with Crippen LogP contribution in [0.4, 0.5) is 0 Å². The van der Waals surface area contributed by atoms with Crippen molar-refractivity contribution in [1.82, 2.24) is 20.2 Å². The minimum Gasteiger partial charge on any atom is -0.375 e. The predicted octanol–water partition coefficient (Wildman–Crippen LogP) is 0.924. The standard InChI is InChI=1S/C17H22N4O2/c1-13-16(19-7-9-23-13)17(22)20-10-14-4-2-3-5-15(14)11-21-8-6-18-12-21/h2-6,8,12-13,16,19H,7,9-11H2,1H3,(H,20,22)/t13-,16+/m1/s1. The lowest BCUT2D eigenvalue weighted by Gasteiger charge is -2.29. The van der Waals surface area contributed by atoms with Crippen molar-refractivity contribution in [1.29, 1.82) is 0 Å². The summed E-state index contributed by atoms with van der Waals surface area (Å²) in [7, 11) is 0. The van der Waals surface area contributed by atoms with Crippen LogP contribution in [0.1, 0.15) is 18.1 Å². The van der Waals surface area contributed by atoms with Gasteiger partial charge in [-0.3, -0.25) is 4.79 Å². The van der Waals surface area contributed by atoms with Crippen LogP contribution in [0.5, 0.6) is 0 Å². The van der Waals surface area contributed by atoms with Crippen LogP contribution in [0, 0.1) is 0 Å². The van der Waals surface area contributed by atoms with E-state index in [1.165, 1.54) is 5.56 Å². The maximum atomic E-state index is 12.3. The lowest BCUT2D eigenvalue weighted by molar-refractivity contribution is -0.129. The molecular weight excluding hydrogens is 292 g/mol. The van der Waals surface area contributed by atoms with Crippen molar-refractivity contribution in [2.45, 2.75) is 32.2 Å². The van der Waals surface area contributed by atoms with Crippen LogP contribution < -0.4 is 10.6 Å². The van der Waals surface area contributed by atoms with Gasteiger partial charge in [-0.15, -0.1) is 0 Å². The number of rotatable bonds is 5. The fourth-order valence-electron chi connectivity index (χ4n) is 2.78. The van der Waals surface area contributed by atoms with Crippen molar-refractivity contribution >= 4 is 5.91 Å². The van der Waals surface area contributed by atoms with Gasteiger partial charge in [0.2, 0.25) is 5.91 Å². The van der Waals surface area contributed by atoms with E-state index in [9.17, 15) is 4.79 Å². The number of ether oxygens (including phenoxy) is 1. The van der Waals surface area contributed by atoms with Crippen LogP contribution in [-0.2, 0) is 22.6 Å². The maximum Gasteiger partial charge on any atom is 0.240 e. The number of nitrogens with zero attached hydrogens (tertiary/aromatic N) is 2. The van der Waals surface area contributed by atoms with Gasteiger partial charge in [-0.1, -0.05) is 24.3 Å². The molecule has 1 fully saturated rings. The second kappa shape index (κ2) is 7.39. The van der Waals surface area contributed by atoms with E-state index in [1.807, 2.05) is 35.9 Å². The fraction of sp³-hybridized carbons (Fsp3) is 0.412. The van der Waals surface area contributed by atoms with Crippen LogP contribution in [0.15, 0.2) is 43.0 Å². The van der Waals surface area contributed by atoms with E-state index in [1.54, 1.807) is 12.5 Å². The van der Waals surface area contributed by atoms with E-state index >= 15 is 0 Å². The van der Waals surface area contributed by atoms with Gasteiger partial charge >= 0.3 is 0 Å². The largest absolute Gasteiger partial charge is 0.375 e. The van der Waals surface area contributed by atoms with E-state index in [0.29, 0.717) is 19.7 Å². The summed E-state index contributed by atoms with van der Waals surface area (Å²) in [4.78, 5) is 16.4. The van der Waals surface area contributed by atoms with Crippen molar-refractivity contribution in [3.05, 3.63) is 54.1 Å². The number of hydrogen-bond donors (Lipinski definition) is 2. The first-order chi connectivity index (χ1) is 11.2. The fourth-order valence-corrected chi connectivity index (χ4v) is 2.78. The van der Waals surface area contributed by atoms with E-state index < -0.39 is 0 Å². The molecule has 23 heavy (non-hydrogen) atoms. The van der Waals surface area contributed by atoms with Crippen LogP contribution in [0.3, 0.4) is 0 Å². The highest BCUT2D eigenvalue weighted by Gasteiger charge is 2.27. The molecule has 0 saturated carbocycles. The summed E-state index contributed by atoms with van der Waals surface area (Å²) < 4.78 is 7.54. The molecule has 1 aliphatic heterocycles. The minimum atomic E-state index is -0.287. The number of morpholine rings is 1. The summed E-state index contributed by atoms with van der Waals surface area (Å²) in [5.74, 6) is -0.0189. The molecule has 3 rings (SSSR count). The monoisotopic (exact) mass is 314 g/mol. The first-order valence-corrected chi connectivity index (χ1v) is 7.89. The van der Waals surface area contributed by atoms with Gasteiger partial charge in [-0.2, -0.15) is 0 Å². The smallest absolute Gasteiger partial charge is 0.240 e. The maximum absolute atomic E-state index is 12.3. The van der Waals surface area contributed by atoms with Gasteiger partial charge < -0.3 is 19.9 Å². The first kappa shape index (κ1) is 15.7. The Kier molecular flexibility index (Phi) is 5.05. The summed E-state index contributed by atoms with van der Waals surface area (Å²) in [6.45, 7) is 4.53. The van der Waals surface area contributed by atoms with Crippen LogP contribution in [0.2, 0.25) is 0 Å². The molecule has 2 heterocycles. The number of carbonyl (C=O) groups is 1. The molecule has 1 aliphatic rings. The molecule has 1 aromatic heterocycles. The van der Waals surface area contributed by atoms with Crippen molar-refractivity contribution in [3.63, 3.8) is 0 Å². The van der Waals surface area contributed by atoms with E-state index in [4.69, 9.17) is 4.74 Å². The third-order valence-corrected chi connectivity index (χ3v) is 4.08. The molecule has 0 spiro atoms. The van der Waals surface area contributed by atoms with Gasteiger partial charge in [0.25, 0.3) is 0 Å². The Hall–Kier alpha value is -2.18. The van der Waals surface area contributed by atoms with Gasteiger partial charge in [-0.25, -0.2) is 4.98 Å². The van der Waals surface area contributed by atoms with Gasteiger partial charge in [-0.05, 0) is 18.1 Å². The third kappa shape index (κ3) is 3.97. The number of aromatic nitrogens is 2. The van der Waals surface area contributed by atoms with Gasteiger partial charge in [0.05, 0.1) is 19.0 Å². The zero-order chi connectivity index (χ0) is 16.1. The van der Waals surface area contributed by atoms with E-state index in [-0.39, 0.29) is 18.1 Å². The molecule has 6 heteroatoms. The normalized spacial score (nSPS) is 21.1. The Morgan fingerprint density at radius 2 is 2.26 bits per heavy atom. The minimum absolute atomic E-state index is 0.0189. The quantitative estimate of drug-likeness (QED) is 0.861. The lowest BCUT2D eigenvalue weighted by atomic mass is 10.1. The molecule has 0 radical (unpaired) electrons. The summed E-state index contributed by atoms with van der Waals surface area (Å²) in [5, 5.41) is 6.22.